The summed E-state index contributed by atoms with van der Waals surface area (Å²) in [4.78, 5) is 14.3. The largest absolute Gasteiger partial charge is 0.457 e. The van der Waals surface area contributed by atoms with Crippen LogP contribution >= 0.6 is 0 Å². The molecule has 6 nitrogen and oxygen atoms in total. The highest BCUT2D eigenvalue weighted by atomic mass is 32.2. The highest BCUT2D eigenvalue weighted by Gasteiger charge is 2.32. The first-order valence-electron chi connectivity index (χ1n) is 9.83. The summed E-state index contributed by atoms with van der Waals surface area (Å²) in [5.41, 5.74) is 0.400. The van der Waals surface area contributed by atoms with Gasteiger partial charge in [0.2, 0.25) is 10.0 Å². The van der Waals surface area contributed by atoms with E-state index in [1.165, 1.54) is 22.5 Å². The second kappa shape index (κ2) is 8.87. The maximum Gasteiger partial charge on any atom is 0.257 e. The Morgan fingerprint density at radius 2 is 1.42 bits per heavy atom. The topological polar surface area (TPSA) is 66.9 Å². The van der Waals surface area contributed by atoms with Crippen molar-refractivity contribution in [2.75, 3.05) is 26.2 Å². The van der Waals surface area contributed by atoms with E-state index >= 15 is 0 Å². The van der Waals surface area contributed by atoms with Gasteiger partial charge in [-0.3, -0.25) is 4.79 Å². The first-order valence-corrected chi connectivity index (χ1v) is 11.3. The zero-order valence-electron chi connectivity index (χ0n) is 16.6. The molecule has 0 aliphatic carbocycles. The molecule has 0 bridgehead atoms. The van der Waals surface area contributed by atoms with Gasteiger partial charge < -0.3 is 9.64 Å². The van der Waals surface area contributed by atoms with Gasteiger partial charge in [-0.2, -0.15) is 4.31 Å². The molecular weight excluding hydrogens is 419 g/mol. The number of benzene rings is 3. The third kappa shape index (κ3) is 4.45. The summed E-state index contributed by atoms with van der Waals surface area (Å²) in [6, 6.07) is 21.4. The summed E-state index contributed by atoms with van der Waals surface area (Å²) in [7, 11) is -3.96. The van der Waals surface area contributed by atoms with Crippen molar-refractivity contribution in [3.8, 4) is 11.5 Å². The third-order valence-corrected chi connectivity index (χ3v) is 7.00. The minimum atomic E-state index is -3.96. The molecule has 1 fully saturated rings. The molecule has 0 spiro atoms. The van der Waals surface area contributed by atoms with Crippen molar-refractivity contribution < 1.29 is 22.3 Å². The Hall–Kier alpha value is -3.23. The number of sulfonamides is 1. The number of amides is 1. The van der Waals surface area contributed by atoms with Crippen LogP contribution in [0.4, 0.5) is 4.39 Å². The molecule has 0 radical (unpaired) electrons. The quantitative estimate of drug-likeness (QED) is 0.606. The second-order valence-corrected chi connectivity index (χ2v) is 8.94. The van der Waals surface area contributed by atoms with E-state index in [0.717, 1.165) is 6.07 Å². The van der Waals surface area contributed by atoms with E-state index in [2.05, 4.69) is 0 Å². The van der Waals surface area contributed by atoms with E-state index < -0.39 is 15.8 Å². The summed E-state index contributed by atoms with van der Waals surface area (Å²) in [6.45, 7) is 0.576. The Balaban J connectivity index is 1.48. The lowest BCUT2D eigenvalue weighted by Crippen LogP contribution is -2.50. The van der Waals surface area contributed by atoms with Crippen LogP contribution in [0, 0.1) is 5.82 Å². The summed E-state index contributed by atoms with van der Waals surface area (Å²) in [6.07, 6.45) is 0. The lowest BCUT2D eigenvalue weighted by molar-refractivity contribution is 0.0695. The van der Waals surface area contributed by atoms with Gasteiger partial charge in [0.15, 0.2) is 0 Å². The maximum absolute atomic E-state index is 14.0. The fourth-order valence-electron chi connectivity index (χ4n) is 3.44. The van der Waals surface area contributed by atoms with Gasteiger partial charge in [0.1, 0.15) is 22.2 Å². The van der Waals surface area contributed by atoms with Crippen LogP contribution in [0.2, 0.25) is 0 Å². The SMILES string of the molecule is O=C(c1ccccc1Oc1ccccc1)N1CCN(S(=O)(=O)c2ccccc2F)CC1. The average Bonchev–Trinajstić information content (AvgIpc) is 2.80. The fourth-order valence-corrected chi connectivity index (χ4v) is 4.93. The highest BCUT2D eigenvalue weighted by Crippen LogP contribution is 2.27. The number of hydrogen-bond donors (Lipinski definition) is 0. The molecule has 8 heteroatoms. The standard InChI is InChI=1S/C23H21FN2O4S/c24-20-11-5-7-13-22(20)31(28,29)26-16-14-25(15-17-26)23(27)19-10-4-6-12-21(19)30-18-8-2-1-3-9-18/h1-13H,14-17H2. The third-order valence-electron chi connectivity index (χ3n) is 5.07. The van der Waals surface area contributed by atoms with E-state index in [-0.39, 0.29) is 37.0 Å². The van der Waals surface area contributed by atoms with Gasteiger partial charge in [-0.25, -0.2) is 12.8 Å². The van der Waals surface area contributed by atoms with Crippen molar-refractivity contribution in [3.05, 3.63) is 90.2 Å². The van der Waals surface area contributed by atoms with Crippen LogP contribution < -0.4 is 4.74 Å². The Labute approximate surface area is 180 Å². The monoisotopic (exact) mass is 440 g/mol. The molecule has 1 saturated heterocycles. The van der Waals surface area contributed by atoms with E-state index in [1.807, 2.05) is 18.2 Å². The molecule has 3 aromatic rings. The normalized spacial score (nSPS) is 14.9. The Morgan fingerprint density at radius 1 is 0.806 bits per heavy atom. The number of carbonyl (C=O) groups is 1. The van der Waals surface area contributed by atoms with Crippen molar-refractivity contribution in [1.29, 1.82) is 0 Å². The zero-order valence-corrected chi connectivity index (χ0v) is 17.5. The number of hydrogen-bond acceptors (Lipinski definition) is 4. The van der Waals surface area contributed by atoms with E-state index in [4.69, 9.17) is 4.74 Å². The molecule has 0 saturated carbocycles. The van der Waals surface area contributed by atoms with Crippen molar-refractivity contribution in [2.24, 2.45) is 0 Å². The van der Waals surface area contributed by atoms with Gasteiger partial charge in [0.25, 0.3) is 5.91 Å². The first kappa shape index (κ1) is 21.0. The van der Waals surface area contributed by atoms with Crippen LogP contribution in [0.1, 0.15) is 10.4 Å². The number of carbonyl (C=O) groups excluding carboxylic acids is 1. The van der Waals surface area contributed by atoms with Crippen molar-refractivity contribution in [1.82, 2.24) is 9.21 Å². The summed E-state index contributed by atoms with van der Waals surface area (Å²) < 4.78 is 46.6. The van der Waals surface area contributed by atoms with Crippen LogP contribution in [-0.2, 0) is 10.0 Å². The Kier molecular flexibility index (Phi) is 6.01. The van der Waals surface area contributed by atoms with Gasteiger partial charge in [-0.15, -0.1) is 0 Å². The lowest BCUT2D eigenvalue weighted by Gasteiger charge is -2.34. The van der Waals surface area contributed by atoms with Gasteiger partial charge in [0, 0.05) is 26.2 Å². The Bertz CT molecular complexity index is 1180. The first-order chi connectivity index (χ1) is 15.0. The smallest absolute Gasteiger partial charge is 0.257 e. The zero-order chi connectivity index (χ0) is 21.8. The molecule has 1 aliphatic heterocycles. The van der Waals surface area contributed by atoms with Gasteiger partial charge >= 0.3 is 0 Å². The molecule has 0 aromatic heterocycles. The van der Waals surface area contributed by atoms with E-state index in [9.17, 15) is 17.6 Å². The molecule has 1 amide bonds. The molecule has 3 aromatic carbocycles. The summed E-state index contributed by atoms with van der Waals surface area (Å²) in [5, 5.41) is 0. The molecule has 31 heavy (non-hydrogen) atoms. The minimum absolute atomic E-state index is 0.0874. The van der Waals surface area contributed by atoms with Gasteiger partial charge in [-0.1, -0.05) is 42.5 Å². The van der Waals surface area contributed by atoms with Crippen LogP contribution in [0.25, 0.3) is 0 Å². The predicted octanol–water partition coefficient (Wildman–Crippen LogP) is 3.76. The van der Waals surface area contributed by atoms with Crippen molar-refractivity contribution in [2.45, 2.75) is 4.90 Å². The van der Waals surface area contributed by atoms with Crippen LogP contribution in [-0.4, -0.2) is 49.7 Å². The number of halogens is 1. The molecule has 160 valence electrons. The van der Waals surface area contributed by atoms with Crippen LogP contribution in [0.5, 0.6) is 11.5 Å². The van der Waals surface area contributed by atoms with Gasteiger partial charge in [-0.05, 0) is 36.4 Å². The molecule has 1 heterocycles. The number of piperazine rings is 1. The maximum atomic E-state index is 14.0. The van der Waals surface area contributed by atoms with E-state index in [0.29, 0.717) is 17.1 Å². The predicted molar refractivity (Wildman–Crippen MR) is 114 cm³/mol. The van der Waals surface area contributed by atoms with Crippen molar-refractivity contribution >= 4 is 15.9 Å². The highest BCUT2D eigenvalue weighted by molar-refractivity contribution is 7.89. The fraction of sp³-hybridized carbons (Fsp3) is 0.174. The molecule has 0 N–H and O–H groups in total. The van der Waals surface area contributed by atoms with Crippen LogP contribution in [0.3, 0.4) is 0 Å². The van der Waals surface area contributed by atoms with Gasteiger partial charge in [0.05, 0.1) is 5.56 Å². The van der Waals surface area contributed by atoms with E-state index in [1.54, 1.807) is 41.3 Å². The second-order valence-electron chi connectivity index (χ2n) is 7.04. The number of rotatable bonds is 5. The Morgan fingerprint density at radius 3 is 2.13 bits per heavy atom. The molecular formula is C23H21FN2O4S. The number of ether oxygens (including phenoxy) is 1. The van der Waals surface area contributed by atoms with Crippen molar-refractivity contribution in [3.63, 3.8) is 0 Å². The van der Waals surface area contributed by atoms with Crippen LogP contribution in [0.15, 0.2) is 83.8 Å². The summed E-state index contributed by atoms with van der Waals surface area (Å²) >= 11 is 0. The summed E-state index contributed by atoms with van der Waals surface area (Å²) in [5.74, 6) is 0.0196. The molecule has 4 rings (SSSR count). The average molecular weight is 440 g/mol. The number of nitrogens with zero attached hydrogens (tertiary/aromatic N) is 2. The lowest BCUT2D eigenvalue weighted by atomic mass is 10.1. The minimum Gasteiger partial charge on any atom is -0.457 e. The molecule has 1 aliphatic rings. The number of para-hydroxylation sites is 2. The molecule has 0 unspecified atom stereocenters. The molecule has 0 atom stereocenters.